The maximum absolute atomic E-state index is 13.5. The summed E-state index contributed by atoms with van der Waals surface area (Å²) in [6, 6.07) is 17.5. The van der Waals surface area contributed by atoms with Crippen LogP contribution in [0.2, 0.25) is 0 Å². The number of ether oxygens (including phenoxy) is 4. The van der Waals surface area contributed by atoms with Crippen molar-refractivity contribution >= 4 is 10.9 Å². The molecule has 4 rings (SSSR count). The molecule has 0 aliphatic carbocycles. The molecule has 3 aromatic rings. The standard InChI is InChI=1S/C26H32N2O5/c1-3-31-13-12-28-25-16-23(33-22-7-5-4-6-8-22)10-9-20(25)15-21(26(28)29)17-27-11-14-32-24(18-27)19-30-2/h4-10,15-16,24H,3,11-14,17-19H2,1-2H3. The van der Waals surface area contributed by atoms with E-state index in [1.54, 1.807) is 7.11 Å². The maximum Gasteiger partial charge on any atom is 0.255 e. The summed E-state index contributed by atoms with van der Waals surface area (Å²) in [5.41, 5.74) is 1.62. The van der Waals surface area contributed by atoms with Gasteiger partial charge in [0.15, 0.2) is 0 Å². The molecule has 0 saturated carbocycles. The number of benzene rings is 2. The van der Waals surface area contributed by atoms with E-state index >= 15 is 0 Å². The predicted octanol–water partition coefficient (Wildman–Crippen LogP) is 3.68. The number of nitrogens with zero attached hydrogens (tertiary/aromatic N) is 2. The van der Waals surface area contributed by atoms with Crippen LogP contribution in [0.3, 0.4) is 0 Å². The number of hydrogen-bond donors (Lipinski definition) is 0. The average Bonchev–Trinajstić information content (AvgIpc) is 2.83. The molecule has 1 aliphatic heterocycles. The number of rotatable bonds is 10. The number of methoxy groups -OCH3 is 1. The lowest BCUT2D eigenvalue weighted by atomic mass is 10.1. The highest BCUT2D eigenvalue weighted by atomic mass is 16.5. The van der Waals surface area contributed by atoms with Crippen LogP contribution >= 0.6 is 0 Å². The molecule has 0 bridgehead atoms. The van der Waals surface area contributed by atoms with Gasteiger partial charge in [-0.2, -0.15) is 0 Å². The Labute approximate surface area is 194 Å². The molecule has 1 saturated heterocycles. The van der Waals surface area contributed by atoms with Crippen molar-refractivity contribution in [1.29, 1.82) is 0 Å². The normalized spacial score (nSPS) is 16.8. The lowest BCUT2D eigenvalue weighted by Gasteiger charge is -2.32. The summed E-state index contributed by atoms with van der Waals surface area (Å²) in [4.78, 5) is 15.8. The van der Waals surface area contributed by atoms with E-state index in [-0.39, 0.29) is 11.7 Å². The molecule has 1 unspecified atom stereocenters. The van der Waals surface area contributed by atoms with Crippen LogP contribution in [-0.2, 0) is 27.3 Å². The number of morpholine rings is 1. The molecule has 2 heterocycles. The Hall–Kier alpha value is -2.71. The highest BCUT2D eigenvalue weighted by Gasteiger charge is 2.22. The van der Waals surface area contributed by atoms with Crippen molar-refractivity contribution in [2.24, 2.45) is 0 Å². The minimum atomic E-state index is 0.00819. The number of hydrogen-bond acceptors (Lipinski definition) is 6. The molecule has 1 aromatic heterocycles. The molecule has 0 radical (unpaired) electrons. The number of pyridine rings is 1. The highest BCUT2D eigenvalue weighted by Crippen LogP contribution is 2.26. The third-order valence-corrected chi connectivity index (χ3v) is 5.75. The average molecular weight is 453 g/mol. The fraction of sp³-hybridized carbons (Fsp3) is 0.423. The van der Waals surface area contributed by atoms with Gasteiger partial charge in [0, 0.05) is 51.5 Å². The molecule has 1 atom stereocenters. The Morgan fingerprint density at radius 2 is 1.94 bits per heavy atom. The highest BCUT2D eigenvalue weighted by molar-refractivity contribution is 5.81. The Balaban J connectivity index is 1.64. The minimum Gasteiger partial charge on any atom is -0.457 e. The first kappa shape index (κ1) is 23.4. The predicted molar refractivity (Wildman–Crippen MR) is 128 cm³/mol. The smallest absolute Gasteiger partial charge is 0.255 e. The quantitative estimate of drug-likeness (QED) is 0.438. The molecule has 0 N–H and O–H groups in total. The van der Waals surface area contributed by atoms with Crippen LogP contribution in [0.15, 0.2) is 59.4 Å². The molecule has 1 fully saturated rings. The fourth-order valence-electron chi connectivity index (χ4n) is 4.19. The van der Waals surface area contributed by atoms with Crippen LogP contribution < -0.4 is 10.3 Å². The van der Waals surface area contributed by atoms with E-state index in [0.29, 0.717) is 45.3 Å². The zero-order valence-electron chi connectivity index (χ0n) is 19.4. The summed E-state index contributed by atoms with van der Waals surface area (Å²) in [6.07, 6.45) is 0.0297. The van der Waals surface area contributed by atoms with Gasteiger partial charge in [0.05, 0.1) is 31.4 Å². The molecular formula is C26H32N2O5. The van der Waals surface area contributed by atoms with Crippen molar-refractivity contribution in [2.75, 3.05) is 46.6 Å². The van der Waals surface area contributed by atoms with Crippen molar-refractivity contribution < 1.29 is 18.9 Å². The third kappa shape index (κ3) is 6.00. The first-order chi connectivity index (χ1) is 16.2. The van der Waals surface area contributed by atoms with Gasteiger partial charge in [0.2, 0.25) is 0 Å². The van der Waals surface area contributed by atoms with E-state index in [1.165, 1.54) is 0 Å². The van der Waals surface area contributed by atoms with Gasteiger partial charge in [0.1, 0.15) is 11.5 Å². The molecule has 7 heteroatoms. The Morgan fingerprint density at radius 1 is 1.09 bits per heavy atom. The van der Waals surface area contributed by atoms with Gasteiger partial charge < -0.3 is 23.5 Å². The van der Waals surface area contributed by atoms with Crippen LogP contribution in [-0.4, -0.2) is 62.2 Å². The van der Waals surface area contributed by atoms with E-state index in [1.807, 2.05) is 66.1 Å². The summed E-state index contributed by atoms with van der Waals surface area (Å²) >= 11 is 0. The Kier molecular flexibility index (Phi) is 8.12. The van der Waals surface area contributed by atoms with E-state index < -0.39 is 0 Å². The summed E-state index contributed by atoms with van der Waals surface area (Å²) in [6.45, 7) is 6.84. The lowest BCUT2D eigenvalue weighted by molar-refractivity contribution is -0.0632. The molecule has 7 nitrogen and oxygen atoms in total. The zero-order chi connectivity index (χ0) is 23.0. The zero-order valence-corrected chi connectivity index (χ0v) is 19.4. The van der Waals surface area contributed by atoms with Crippen molar-refractivity contribution in [2.45, 2.75) is 26.1 Å². The maximum atomic E-state index is 13.5. The van der Waals surface area contributed by atoms with Crippen LogP contribution in [0, 0.1) is 0 Å². The van der Waals surface area contributed by atoms with Gasteiger partial charge in [-0.05, 0) is 42.6 Å². The van der Waals surface area contributed by atoms with Gasteiger partial charge in [-0.25, -0.2) is 0 Å². The van der Waals surface area contributed by atoms with E-state index in [9.17, 15) is 4.79 Å². The molecule has 1 aliphatic rings. The van der Waals surface area contributed by atoms with Crippen LogP contribution in [0.1, 0.15) is 12.5 Å². The Bertz CT molecular complexity index is 1100. The fourth-order valence-corrected chi connectivity index (χ4v) is 4.19. The lowest BCUT2D eigenvalue weighted by Crippen LogP contribution is -2.44. The van der Waals surface area contributed by atoms with E-state index in [2.05, 4.69) is 4.90 Å². The van der Waals surface area contributed by atoms with Crippen LogP contribution in [0.5, 0.6) is 11.5 Å². The molecule has 33 heavy (non-hydrogen) atoms. The van der Waals surface area contributed by atoms with Gasteiger partial charge in [-0.3, -0.25) is 9.69 Å². The van der Waals surface area contributed by atoms with Crippen LogP contribution in [0.4, 0.5) is 0 Å². The largest absolute Gasteiger partial charge is 0.457 e. The topological polar surface area (TPSA) is 62.2 Å². The summed E-state index contributed by atoms with van der Waals surface area (Å²) in [5, 5.41) is 1.00. The summed E-state index contributed by atoms with van der Waals surface area (Å²) in [5.74, 6) is 1.45. The van der Waals surface area contributed by atoms with Gasteiger partial charge in [0.25, 0.3) is 5.56 Å². The molecule has 176 valence electrons. The monoisotopic (exact) mass is 452 g/mol. The molecule has 0 spiro atoms. The van der Waals surface area contributed by atoms with Gasteiger partial charge in [-0.15, -0.1) is 0 Å². The SMILES string of the molecule is CCOCCn1c(=O)c(CN2CCOC(COC)C2)cc2ccc(Oc3ccccc3)cc21. The molecular weight excluding hydrogens is 420 g/mol. The number of aromatic nitrogens is 1. The van der Waals surface area contributed by atoms with Crippen molar-refractivity contribution in [1.82, 2.24) is 9.47 Å². The van der Waals surface area contributed by atoms with Crippen molar-refractivity contribution in [3.05, 3.63) is 70.5 Å². The second-order valence-corrected chi connectivity index (χ2v) is 8.14. The van der Waals surface area contributed by atoms with Crippen molar-refractivity contribution in [3.63, 3.8) is 0 Å². The number of fused-ring (bicyclic) bond motifs is 1. The Morgan fingerprint density at radius 3 is 2.73 bits per heavy atom. The van der Waals surface area contributed by atoms with Gasteiger partial charge in [-0.1, -0.05) is 18.2 Å². The molecule has 2 aromatic carbocycles. The van der Waals surface area contributed by atoms with Crippen LogP contribution in [0.25, 0.3) is 10.9 Å². The number of para-hydroxylation sites is 1. The first-order valence-electron chi connectivity index (χ1n) is 11.5. The first-order valence-corrected chi connectivity index (χ1v) is 11.5. The minimum absolute atomic E-state index is 0.00819. The summed E-state index contributed by atoms with van der Waals surface area (Å²) in [7, 11) is 1.68. The third-order valence-electron chi connectivity index (χ3n) is 5.75. The summed E-state index contributed by atoms with van der Waals surface area (Å²) < 4.78 is 24.4. The van der Waals surface area contributed by atoms with Crippen molar-refractivity contribution in [3.8, 4) is 11.5 Å². The van der Waals surface area contributed by atoms with E-state index in [0.717, 1.165) is 35.3 Å². The van der Waals surface area contributed by atoms with E-state index in [4.69, 9.17) is 18.9 Å². The second kappa shape index (κ2) is 11.4. The second-order valence-electron chi connectivity index (χ2n) is 8.14. The molecule has 0 amide bonds. The van der Waals surface area contributed by atoms with Gasteiger partial charge >= 0.3 is 0 Å².